The molecule has 1 aromatic rings. The van der Waals surface area contributed by atoms with E-state index in [0.29, 0.717) is 13.0 Å². The molecule has 0 saturated heterocycles. The molecule has 19 heavy (non-hydrogen) atoms. The van der Waals surface area contributed by atoms with Crippen LogP contribution in [-0.4, -0.2) is 30.5 Å². The van der Waals surface area contributed by atoms with Gasteiger partial charge in [0.1, 0.15) is 5.75 Å². The van der Waals surface area contributed by atoms with Crippen molar-refractivity contribution in [2.75, 3.05) is 13.7 Å². The van der Waals surface area contributed by atoms with Gasteiger partial charge in [-0.05, 0) is 12.5 Å². The van der Waals surface area contributed by atoms with Crippen molar-refractivity contribution in [1.29, 1.82) is 0 Å². The van der Waals surface area contributed by atoms with Gasteiger partial charge in [-0.1, -0.05) is 6.92 Å². The average Bonchev–Trinajstić information content (AvgIpc) is 2.43. The van der Waals surface area contributed by atoms with E-state index in [1.165, 1.54) is 25.3 Å². The number of non-ortho nitro benzene ring substituents is 1. The minimum atomic E-state index is -0.543. The molecule has 1 rings (SSSR count). The second kappa shape index (κ2) is 6.69. The van der Waals surface area contributed by atoms with Crippen LogP contribution in [0.2, 0.25) is 0 Å². The predicted octanol–water partition coefficient (Wildman–Crippen LogP) is 1.07. The monoisotopic (exact) mass is 267 g/mol. The highest BCUT2D eigenvalue weighted by atomic mass is 16.6. The van der Waals surface area contributed by atoms with Gasteiger partial charge in [0.05, 0.1) is 23.7 Å². The maximum Gasteiger partial charge on any atom is 0.273 e. The molecule has 0 saturated carbocycles. The molecule has 0 bridgehead atoms. The minimum Gasteiger partial charge on any atom is -0.496 e. The number of nitrogens with two attached hydrogens (primary N) is 1. The number of ether oxygens (including phenoxy) is 1. The van der Waals surface area contributed by atoms with E-state index in [1.54, 1.807) is 0 Å². The number of carbonyl (C=O) groups is 1. The van der Waals surface area contributed by atoms with E-state index >= 15 is 0 Å². The molecular weight excluding hydrogens is 250 g/mol. The van der Waals surface area contributed by atoms with Crippen molar-refractivity contribution in [3.8, 4) is 5.75 Å². The van der Waals surface area contributed by atoms with Crippen LogP contribution in [0.3, 0.4) is 0 Å². The average molecular weight is 267 g/mol. The summed E-state index contributed by atoms with van der Waals surface area (Å²) in [6.45, 7) is 2.24. The first kappa shape index (κ1) is 14.9. The number of hydrogen-bond acceptors (Lipinski definition) is 5. The molecule has 0 aliphatic rings. The second-order valence-electron chi connectivity index (χ2n) is 3.96. The molecule has 0 radical (unpaired) electrons. The number of nitro groups is 1. The Labute approximate surface area is 110 Å². The lowest BCUT2D eigenvalue weighted by atomic mass is 10.1. The van der Waals surface area contributed by atoms with Gasteiger partial charge in [0.15, 0.2) is 0 Å². The lowest BCUT2D eigenvalue weighted by molar-refractivity contribution is -0.384. The van der Waals surface area contributed by atoms with Crippen LogP contribution in [0.4, 0.5) is 5.69 Å². The number of amides is 1. The van der Waals surface area contributed by atoms with Gasteiger partial charge in [-0.3, -0.25) is 14.9 Å². The fourth-order valence-corrected chi connectivity index (χ4v) is 1.57. The highest BCUT2D eigenvalue weighted by molar-refractivity contribution is 5.97. The van der Waals surface area contributed by atoms with E-state index in [2.05, 4.69) is 5.32 Å². The summed E-state index contributed by atoms with van der Waals surface area (Å²) in [5.74, 6) is -0.192. The summed E-state index contributed by atoms with van der Waals surface area (Å²) in [6, 6.07) is 3.72. The lowest BCUT2D eigenvalue weighted by Crippen LogP contribution is -2.39. The van der Waals surface area contributed by atoms with Crippen molar-refractivity contribution >= 4 is 11.6 Å². The number of nitrogens with zero attached hydrogens (tertiary/aromatic N) is 1. The lowest BCUT2D eigenvalue weighted by Gasteiger charge is -2.15. The molecule has 7 heteroatoms. The van der Waals surface area contributed by atoms with E-state index in [9.17, 15) is 14.9 Å². The van der Waals surface area contributed by atoms with Crippen molar-refractivity contribution in [3.05, 3.63) is 33.9 Å². The highest BCUT2D eigenvalue weighted by Crippen LogP contribution is 2.24. The van der Waals surface area contributed by atoms with Gasteiger partial charge in [0.2, 0.25) is 0 Å². The van der Waals surface area contributed by atoms with Crippen LogP contribution in [-0.2, 0) is 0 Å². The Morgan fingerprint density at radius 2 is 2.26 bits per heavy atom. The molecular formula is C12H17N3O4. The first-order valence-corrected chi connectivity index (χ1v) is 5.86. The Balaban J connectivity index is 2.99. The Morgan fingerprint density at radius 1 is 1.58 bits per heavy atom. The Morgan fingerprint density at radius 3 is 2.74 bits per heavy atom. The van der Waals surface area contributed by atoms with Crippen LogP contribution in [0.25, 0.3) is 0 Å². The van der Waals surface area contributed by atoms with Gasteiger partial charge >= 0.3 is 0 Å². The zero-order valence-electron chi connectivity index (χ0n) is 10.9. The first-order valence-electron chi connectivity index (χ1n) is 5.86. The summed E-state index contributed by atoms with van der Waals surface area (Å²) < 4.78 is 5.01. The van der Waals surface area contributed by atoms with E-state index in [-0.39, 0.29) is 28.9 Å². The molecule has 0 aliphatic heterocycles. The van der Waals surface area contributed by atoms with Gasteiger partial charge in [-0.2, -0.15) is 0 Å². The number of nitro benzene ring substituents is 1. The maximum absolute atomic E-state index is 12.0. The summed E-state index contributed by atoms with van der Waals surface area (Å²) in [7, 11) is 1.36. The minimum absolute atomic E-state index is 0.126. The number of hydrogen-bond donors (Lipinski definition) is 2. The first-order chi connectivity index (χ1) is 9.03. The molecule has 0 fully saturated rings. The van der Waals surface area contributed by atoms with Crippen molar-refractivity contribution in [3.63, 3.8) is 0 Å². The van der Waals surface area contributed by atoms with Crippen molar-refractivity contribution < 1.29 is 14.5 Å². The van der Waals surface area contributed by atoms with Gasteiger partial charge in [0, 0.05) is 18.7 Å². The summed E-state index contributed by atoms with van der Waals surface area (Å²) >= 11 is 0. The summed E-state index contributed by atoms with van der Waals surface area (Å²) in [4.78, 5) is 22.1. The molecule has 0 spiro atoms. The molecule has 1 amide bonds. The van der Waals surface area contributed by atoms with Crippen LogP contribution >= 0.6 is 0 Å². The fraction of sp³-hybridized carbons (Fsp3) is 0.417. The van der Waals surface area contributed by atoms with E-state index in [0.717, 1.165) is 0 Å². The van der Waals surface area contributed by atoms with Crippen molar-refractivity contribution in [2.24, 2.45) is 5.73 Å². The topological polar surface area (TPSA) is 107 Å². The zero-order chi connectivity index (χ0) is 14.4. The summed E-state index contributed by atoms with van der Waals surface area (Å²) in [6.07, 6.45) is 0.706. The van der Waals surface area contributed by atoms with E-state index in [1.807, 2.05) is 6.92 Å². The second-order valence-corrected chi connectivity index (χ2v) is 3.96. The van der Waals surface area contributed by atoms with Crippen molar-refractivity contribution in [1.82, 2.24) is 5.32 Å². The normalized spacial score (nSPS) is 11.7. The van der Waals surface area contributed by atoms with Gasteiger partial charge in [0.25, 0.3) is 11.6 Å². The quantitative estimate of drug-likeness (QED) is 0.592. The van der Waals surface area contributed by atoms with Crippen LogP contribution in [0, 0.1) is 10.1 Å². The summed E-state index contributed by atoms with van der Waals surface area (Å²) in [5, 5.41) is 13.4. The molecule has 7 nitrogen and oxygen atoms in total. The van der Waals surface area contributed by atoms with Crippen molar-refractivity contribution in [2.45, 2.75) is 19.4 Å². The smallest absolute Gasteiger partial charge is 0.273 e. The SMILES string of the molecule is CCC(CN)NC(=O)c1ccc([N+](=O)[O-])cc1OC. The summed E-state index contributed by atoms with van der Waals surface area (Å²) in [5.41, 5.74) is 5.63. The van der Waals surface area contributed by atoms with E-state index < -0.39 is 4.92 Å². The largest absolute Gasteiger partial charge is 0.496 e. The third-order valence-electron chi connectivity index (χ3n) is 2.75. The third-order valence-corrected chi connectivity index (χ3v) is 2.75. The van der Waals surface area contributed by atoms with Gasteiger partial charge in [-0.15, -0.1) is 0 Å². The number of carbonyl (C=O) groups excluding carboxylic acids is 1. The molecule has 1 atom stereocenters. The number of nitrogens with one attached hydrogen (secondary N) is 1. The van der Waals surface area contributed by atoms with Crippen LogP contribution in [0.5, 0.6) is 5.75 Å². The van der Waals surface area contributed by atoms with Crippen LogP contribution < -0.4 is 15.8 Å². The Bertz CT molecular complexity index is 472. The molecule has 0 aliphatic carbocycles. The fourth-order valence-electron chi connectivity index (χ4n) is 1.57. The maximum atomic E-state index is 12.0. The predicted molar refractivity (Wildman–Crippen MR) is 70.2 cm³/mol. The van der Waals surface area contributed by atoms with E-state index in [4.69, 9.17) is 10.5 Å². The standard InChI is InChI=1S/C12H17N3O4/c1-3-8(7-13)14-12(16)10-5-4-9(15(17)18)6-11(10)19-2/h4-6,8H,3,7,13H2,1-2H3,(H,14,16). The highest BCUT2D eigenvalue weighted by Gasteiger charge is 2.18. The van der Waals surface area contributed by atoms with Crippen LogP contribution in [0.15, 0.2) is 18.2 Å². The van der Waals surface area contributed by atoms with Gasteiger partial charge < -0.3 is 15.8 Å². The zero-order valence-corrected chi connectivity index (χ0v) is 10.9. The molecule has 3 N–H and O–H groups in total. The Kier molecular flexibility index (Phi) is 5.25. The number of methoxy groups -OCH3 is 1. The molecule has 0 aromatic heterocycles. The molecule has 1 unspecified atom stereocenters. The molecule has 1 aromatic carbocycles. The molecule has 0 heterocycles. The molecule has 104 valence electrons. The van der Waals surface area contributed by atoms with Gasteiger partial charge in [-0.25, -0.2) is 0 Å². The third kappa shape index (κ3) is 3.65. The Hall–Kier alpha value is -2.15. The van der Waals surface area contributed by atoms with Crippen LogP contribution in [0.1, 0.15) is 23.7 Å². The number of benzene rings is 1. The number of rotatable bonds is 6.